The van der Waals surface area contributed by atoms with E-state index in [1.807, 2.05) is 18.2 Å². The predicted molar refractivity (Wildman–Crippen MR) is 142 cm³/mol. The van der Waals surface area contributed by atoms with Crippen molar-refractivity contribution in [3.8, 4) is 5.75 Å². The second kappa shape index (κ2) is 11.9. The van der Waals surface area contributed by atoms with E-state index in [1.54, 1.807) is 35.1 Å². The molecule has 7 nitrogen and oxygen atoms in total. The zero-order valence-corrected chi connectivity index (χ0v) is 21.3. The van der Waals surface area contributed by atoms with Crippen molar-refractivity contribution in [2.24, 2.45) is 0 Å². The maximum Gasteiger partial charge on any atom is 0.262 e. The van der Waals surface area contributed by atoms with Crippen LogP contribution in [0.5, 0.6) is 5.75 Å². The average Bonchev–Trinajstić information content (AvgIpc) is 3.43. The Hall–Kier alpha value is -3.14. The van der Waals surface area contributed by atoms with E-state index in [4.69, 9.17) is 14.1 Å². The van der Waals surface area contributed by atoms with Crippen molar-refractivity contribution in [1.29, 1.82) is 0 Å². The van der Waals surface area contributed by atoms with Gasteiger partial charge in [0.15, 0.2) is 5.16 Å². The second-order valence-corrected chi connectivity index (χ2v) is 10.2. The molecular formula is C28H30FN3O4S. The Bertz CT molecular complexity index is 1370. The van der Waals surface area contributed by atoms with E-state index in [1.165, 1.54) is 23.9 Å². The average molecular weight is 524 g/mol. The summed E-state index contributed by atoms with van der Waals surface area (Å²) in [7, 11) is 0. The topological polar surface area (TPSA) is 80.7 Å². The molecule has 2 aromatic carbocycles. The van der Waals surface area contributed by atoms with Gasteiger partial charge in [0.25, 0.3) is 5.56 Å². The lowest BCUT2D eigenvalue weighted by Gasteiger charge is -2.29. The fraction of sp³-hybridized carbons (Fsp3) is 0.357. The number of piperidine rings is 1. The number of furan rings is 1. The molecule has 1 fully saturated rings. The third-order valence-corrected chi connectivity index (χ3v) is 7.56. The lowest BCUT2D eigenvalue weighted by molar-refractivity contribution is 0.0800. The Balaban J connectivity index is 1.32. The Labute approximate surface area is 218 Å². The van der Waals surface area contributed by atoms with Crippen molar-refractivity contribution in [3.05, 3.63) is 88.4 Å². The van der Waals surface area contributed by atoms with Gasteiger partial charge < -0.3 is 19.2 Å². The highest BCUT2D eigenvalue weighted by atomic mass is 32.2. The van der Waals surface area contributed by atoms with Gasteiger partial charge in [-0.15, -0.1) is 0 Å². The van der Waals surface area contributed by atoms with Crippen LogP contribution >= 0.6 is 11.8 Å². The summed E-state index contributed by atoms with van der Waals surface area (Å²) in [5, 5.41) is 10.7. The monoisotopic (exact) mass is 523 g/mol. The molecule has 194 valence electrons. The number of likely N-dealkylation sites (tertiary alicyclic amines) is 1. The zero-order chi connectivity index (χ0) is 25.6. The number of halogens is 1. The summed E-state index contributed by atoms with van der Waals surface area (Å²) in [6.07, 6.45) is 3.93. The van der Waals surface area contributed by atoms with Gasteiger partial charge in [-0.25, -0.2) is 9.37 Å². The van der Waals surface area contributed by atoms with Gasteiger partial charge in [0.2, 0.25) is 0 Å². The van der Waals surface area contributed by atoms with E-state index in [0.29, 0.717) is 39.9 Å². The molecule has 1 saturated heterocycles. The highest BCUT2D eigenvalue weighted by molar-refractivity contribution is 7.98. The van der Waals surface area contributed by atoms with Crippen molar-refractivity contribution >= 4 is 22.7 Å². The van der Waals surface area contributed by atoms with Crippen LogP contribution in [-0.2, 0) is 12.3 Å². The van der Waals surface area contributed by atoms with Crippen LogP contribution < -0.4 is 10.3 Å². The maximum absolute atomic E-state index is 13.6. The molecule has 4 aromatic rings. The Morgan fingerprint density at radius 2 is 1.95 bits per heavy atom. The Kier molecular flexibility index (Phi) is 8.23. The van der Waals surface area contributed by atoms with Gasteiger partial charge in [-0.1, -0.05) is 23.9 Å². The van der Waals surface area contributed by atoms with Crippen LogP contribution in [0.3, 0.4) is 0 Å². The summed E-state index contributed by atoms with van der Waals surface area (Å²) in [6, 6.07) is 15.4. The standard InChI is InChI=1S/C28H30FN3O4S/c29-21-6-4-20(5-7-21)19-37-28-30-26-9-8-23(35-16-2-12-31-13-10-22(33)11-14-31)17-25(26)27(34)32(28)18-24-3-1-15-36-24/h1,3-9,15,17,22,33H,2,10-14,16,18-19H2. The number of aromatic nitrogens is 2. The third-order valence-electron chi connectivity index (χ3n) is 6.51. The highest BCUT2D eigenvalue weighted by Gasteiger charge is 2.17. The maximum atomic E-state index is 13.6. The van der Waals surface area contributed by atoms with Crippen LogP contribution in [0.15, 0.2) is 75.2 Å². The Morgan fingerprint density at radius 1 is 1.14 bits per heavy atom. The molecule has 0 amide bonds. The van der Waals surface area contributed by atoms with Crippen LogP contribution in [-0.4, -0.2) is 51.9 Å². The van der Waals surface area contributed by atoms with Crippen molar-refractivity contribution in [1.82, 2.24) is 14.5 Å². The van der Waals surface area contributed by atoms with Gasteiger partial charge in [-0.2, -0.15) is 0 Å². The lowest BCUT2D eigenvalue weighted by atomic mass is 10.1. The molecule has 1 N–H and O–H groups in total. The quantitative estimate of drug-likeness (QED) is 0.183. The summed E-state index contributed by atoms with van der Waals surface area (Å²) in [5.74, 6) is 1.56. The molecule has 0 radical (unpaired) electrons. The minimum Gasteiger partial charge on any atom is -0.494 e. The predicted octanol–water partition coefficient (Wildman–Crippen LogP) is 4.69. The minimum absolute atomic E-state index is 0.166. The van der Waals surface area contributed by atoms with E-state index >= 15 is 0 Å². The molecule has 0 atom stereocenters. The number of aliphatic hydroxyl groups is 1. The van der Waals surface area contributed by atoms with Gasteiger partial charge in [0, 0.05) is 25.4 Å². The number of ether oxygens (including phenoxy) is 1. The third kappa shape index (κ3) is 6.60. The van der Waals surface area contributed by atoms with Gasteiger partial charge in [0.05, 0.1) is 36.4 Å². The number of hydrogen-bond acceptors (Lipinski definition) is 7. The van der Waals surface area contributed by atoms with Crippen LogP contribution in [0, 0.1) is 5.82 Å². The van der Waals surface area contributed by atoms with Crippen LogP contribution in [0.4, 0.5) is 4.39 Å². The summed E-state index contributed by atoms with van der Waals surface area (Å²) >= 11 is 1.43. The van der Waals surface area contributed by atoms with Gasteiger partial charge >= 0.3 is 0 Å². The molecule has 0 spiro atoms. The number of benzene rings is 2. The number of nitrogens with zero attached hydrogens (tertiary/aromatic N) is 3. The molecule has 1 aliphatic rings. The molecule has 1 aliphatic heterocycles. The normalized spacial score (nSPS) is 14.9. The molecule has 9 heteroatoms. The molecule has 0 bridgehead atoms. The van der Waals surface area contributed by atoms with Gasteiger partial charge in [-0.05, 0) is 67.3 Å². The summed E-state index contributed by atoms with van der Waals surface area (Å²) in [4.78, 5) is 20.7. The number of thioether (sulfide) groups is 1. The van der Waals surface area contributed by atoms with Crippen LogP contribution in [0.25, 0.3) is 10.9 Å². The zero-order valence-electron chi connectivity index (χ0n) is 20.5. The van der Waals surface area contributed by atoms with Crippen LogP contribution in [0.1, 0.15) is 30.6 Å². The first-order valence-corrected chi connectivity index (χ1v) is 13.5. The van der Waals surface area contributed by atoms with Crippen molar-refractivity contribution in [3.63, 3.8) is 0 Å². The largest absolute Gasteiger partial charge is 0.494 e. The van der Waals surface area contributed by atoms with E-state index in [0.717, 1.165) is 44.5 Å². The molecule has 3 heterocycles. The summed E-state index contributed by atoms with van der Waals surface area (Å²) < 4.78 is 26.4. The van der Waals surface area contributed by atoms with E-state index in [2.05, 4.69) is 4.90 Å². The molecule has 0 aliphatic carbocycles. The molecule has 0 saturated carbocycles. The first-order valence-electron chi connectivity index (χ1n) is 12.5. The minimum atomic E-state index is -0.281. The summed E-state index contributed by atoms with van der Waals surface area (Å²) in [5.41, 5.74) is 1.37. The van der Waals surface area contributed by atoms with Crippen molar-refractivity contribution in [2.45, 2.75) is 42.8 Å². The van der Waals surface area contributed by atoms with Crippen molar-refractivity contribution < 1.29 is 18.7 Å². The number of rotatable bonds is 10. The summed E-state index contributed by atoms with van der Waals surface area (Å²) in [6.45, 7) is 3.56. The molecule has 5 rings (SSSR count). The fourth-order valence-corrected chi connectivity index (χ4v) is 5.38. The Morgan fingerprint density at radius 3 is 2.70 bits per heavy atom. The van der Waals surface area contributed by atoms with E-state index in [-0.39, 0.29) is 24.0 Å². The van der Waals surface area contributed by atoms with E-state index in [9.17, 15) is 14.3 Å². The van der Waals surface area contributed by atoms with E-state index < -0.39 is 0 Å². The van der Waals surface area contributed by atoms with Gasteiger partial charge in [-0.3, -0.25) is 9.36 Å². The number of fused-ring (bicyclic) bond motifs is 1. The first kappa shape index (κ1) is 25.5. The SMILES string of the molecule is O=c1c2cc(OCCCN3CCC(O)CC3)ccc2nc(SCc2ccc(F)cc2)n1Cc1ccco1. The van der Waals surface area contributed by atoms with Crippen molar-refractivity contribution in [2.75, 3.05) is 26.2 Å². The first-order chi connectivity index (χ1) is 18.0. The van der Waals surface area contributed by atoms with Gasteiger partial charge in [0.1, 0.15) is 17.3 Å². The molecule has 2 aromatic heterocycles. The fourth-order valence-electron chi connectivity index (χ4n) is 4.43. The molecule has 0 unspecified atom stereocenters. The lowest BCUT2D eigenvalue weighted by Crippen LogP contribution is -2.36. The molecular weight excluding hydrogens is 493 g/mol. The highest BCUT2D eigenvalue weighted by Crippen LogP contribution is 2.25. The number of hydrogen-bond donors (Lipinski definition) is 1. The van der Waals surface area contributed by atoms with Crippen LogP contribution in [0.2, 0.25) is 0 Å². The molecule has 37 heavy (non-hydrogen) atoms. The smallest absolute Gasteiger partial charge is 0.262 e. The second-order valence-electron chi connectivity index (χ2n) is 9.23. The number of aliphatic hydroxyl groups excluding tert-OH is 1.